The van der Waals surface area contributed by atoms with Gasteiger partial charge in [0.05, 0.1) is 18.0 Å². The molecule has 24 heavy (non-hydrogen) atoms. The van der Waals surface area contributed by atoms with Gasteiger partial charge in [0, 0.05) is 11.4 Å². The second-order valence-corrected chi connectivity index (χ2v) is 6.38. The number of anilines is 1. The van der Waals surface area contributed by atoms with Crippen LogP contribution >= 0.6 is 11.3 Å². The van der Waals surface area contributed by atoms with E-state index < -0.39 is 6.03 Å². The smallest absolute Gasteiger partial charge is 0.322 e. The Labute approximate surface area is 144 Å². The van der Waals surface area contributed by atoms with Gasteiger partial charge >= 0.3 is 6.03 Å². The van der Waals surface area contributed by atoms with Crippen LogP contribution in [0.15, 0.2) is 27.8 Å². The van der Waals surface area contributed by atoms with Crippen LogP contribution in [0, 0.1) is 6.92 Å². The Balaban J connectivity index is 1.71. The van der Waals surface area contributed by atoms with Gasteiger partial charge in [-0.3, -0.25) is 10.3 Å². The number of aryl methyl sites for hydroxylation is 2. The lowest BCUT2D eigenvalue weighted by molar-refractivity contribution is 0.240. The molecule has 9 heteroatoms. The Kier molecular flexibility index (Phi) is 6.19. The highest BCUT2D eigenvalue weighted by molar-refractivity contribution is 7.15. The monoisotopic (exact) mass is 350 g/mol. The highest BCUT2D eigenvalue weighted by Crippen LogP contribution is 2.20. The molecule has 6 N–H and O–H groups in total. The molecular weight excluding hydrogens is 328 g/mol. The van der Waals surface area contributed by atoms with Crippen LogP contribution in [0.5, 0.6) is 0 Å². The number of urea groups is 1. The largest absolute Gasteiger partial charge is 0.467 e. The fourth-order valence-electron chi connectivity index (χ4n) is 2.12. The molecular formula is C15H22N6O2S. The van der Waals surface area contributed by atoms with Crippen LogP contribution in [-0.4, -0.2) is 23.5 Å². The molecule has 0 aliphatic rings. The van der Waals surface area contributed by atoms with E-state index in [9.17, 15) is 4.79 Å². The number of guanidine groups is 1. The van der Waals surface area contributed by atoms with Gasteiger partial charge in [0.1, 0.15) is 5.76 Å². The van der Waals surface area contributed by atoms with E-state index in [1.54, 1.807) is 18.4 Å². The number of nitrogen functional groups attached to an aromatic ring is 1. The number of amides is 2. The van der Waals surface area contributed by atoms with Crippen molar-refractivity contribution in [2.24, 2.45) is 10.7 Å². The van der Waals surface area contributed by atoms with Gasteiger partial charge in [-0.25, -0.2) is 9.78 Å². The van der Waals surface area contributed by atoms with Crippen LogP contribution in [0.3, 0.4) is 0 Å². The number of rotatable bonds is 6. The van der Waals surface area contributed by atoms with Crippen molar-refractivity contribution >= 4 is 28.5 Å². The van der Waals surface area contributed by atoms with Gasteiger partial charge in [-0.1, -0.05) is 0 Å². The molecule has 0 aliphatic carbocycles. The summed E-state index contributed by atoms with van der Waals surface area (Å²) in [5.41, 5.74) is 12.3. The molecule has 2 rings (SSSR count). The molecule has 1 unspecified atom stereocenters. The molecule has 0 saturated carbocycles. The lowest BCUT2D eigenvalue weighted by Gasteiger charge is -2.12. The number of aromatic nitrogens is 1. The van der Waals surface area contributed by atoms with Crippen LogP contribution in [-0.2, 0) is 6.42 Å². The summed E-state index contributed by atoms with van der Waals surface area (Å²) in [4.78, 5) is 21.3. The van der Waals surface area contributed by atoms with E-state index in [0.717, 1.165) is 23.4 Å². The van der Waals surface area contributed by atoms with Gasteiger partial charge in [-0.2, -0.15) is 0 Å². The molecule has 0 spiro atoms. The van der Waals surface area contributed by atoms with E-state index in [1.807, 2.05) is 13.8 Å². The average molecular weight is 350 g/mol. The molecule has 0 fully saturated rings. The first-order chi connectivity index (χ1) is 11.5. The zero-order chi connectivity index (χ0) is 17.5. The summed E-state index contributed by atoms with van der Waals surface area (Å²) >= 11 is 1.49. The topological polar surface area (TPSA) is 132 Å². The predicted molar refractivity (Wildman–Crippen MR) is 94.9 cm³/mol. The first-order valence-corrected chi connectivity index (χ1v) is 8.40. The number of carbonyl (C=O) groups excluding carboxylic acids is 1. The van der Waals surface area contributed by atoms with Crippen LogP contribution in [0.25, 0.3) is 0 Å². The van der Waals surface area contributed by atoms with E-state index in [4.69, 9.17) is 15.9 Å². The maximum atomic E-state index is 11.8. The van der Waals surface area contributed by atoms with Crippen molar-refractivity contribution in [1.82, 2.24) is 15.6 Å². The summed E-state index contributed by atoms with van der Waals surface area (Å²) in [5, 5.41) is 5.79. The minimum absolute atomic E-state index is 0.0830. The highest BCUT2D eigenvalue weighted by Gasteiger charge is 2.12. The number of hydrogen-bond acceptors (Lipinski definition) is 6. The number of furan rings is 1. The van der Waals surface area contributed by atoms with Gasteiger partial charge in [-0.15, -0.1) is 11.3 Å². The molecule has 0 aromatic carbocycles. The van der Waals surface area contributed by atoms with Gasteiger partial charge < -0.3 is 21.2 Å². The number of thiazole rings is 1. The highest BCUT2D eigenvalue weighted by atomic mass is 32.1. The molecule has 2 aromatic rings. The van der Waals surface area contributed by atoms with Gasteiger partial charge in [0.15, 0.2) is 11.1 Å². The van der Waals surface area contributed by atoms with Crippen molar-refractivity contribution in [2.45, 2.75) is 32.7 Å². The maximum absolute atomic E-state index is 11.8. The van der Waals surface area contributed by atoms with Gasteiger partial charge in [0.25, 0.3) is 0 Å². The summed E-state index contributed by atoms with van der Waals surface area (Å²) in [7, 11) is 0. The molecule has 8 nitrogen and oxygen atoms in total. The molecule has 0 radical (unpaired) electrons. The molecule has 130 valence electrons. The summed E-state index contributed by atoms with van der Waals surface area (Å²) in [5.74, 6) is 0.750. The van der Waals surface area contributed by atoms with Crippen molar-refractivity contribution in [2.75, 3.05) is 12.3 Å². The number of nitrogens with zero attached hydrogens (tertiary/aromatic N) is 2. The minimum Gasteiger partial charge on any atom is -0.467 e. The minimum atomic E-state index is -0.425. The fraction of sp³-hybridized carbons (Fsp3) is 0.400. The second-order valence-electron chi connectivity index (χ2n) is 5.27. The summed E-state index contributed by atoms with van der Waals surface area (Å²) in [6.07, 6.45) is 3.19. The number of aliphatic imine (C=N–C) groups is 1. The van der Waals surface area contributed by atoms with E-state index in [0.29, 0.717) is 17.4 Å². The third-order valence-corrected chi connectivity index (χ3v) is 4.36. The molecule has 0 saturated heterocycles. The third-order valence-electron chi connectivity index (χ3n) is 3.31. The van der Waals surface area contributed by atoms with Crippen LogP contribution in [0.4, 0.5) is 9.93 Å². The lowest BCUT2D eigenvalue weighted by atomic mass is 10.2. The molecule has 2 amide bonds. The molecule has 0 aliphatic heterocycles. The van der Waals surface area contributed by atoms with Crippen molar-refractivity contribution in [1.29, 1.82) is 0 Å². The third kappa shape index (κ3) is 5.27. The Morgan fingerprint density at radius 2 is 2.33 bits per heavy atom. The van der Waals surface area contributed by atoms with Crippen molar-refractivity contribution in [3.05, 3.63) is 34.7 Å². The normalized spacial score (nSPS) is 12.8. The number of hydrogen-bond donors (Lipinski definition) is 4. The number of nitrogens with two attached hydrogens (primary N) is 2. The van der Waals surface area contributed by atoms with E-state index in [2.05, 4.69) is 20.6 Å². The lowest BCUT2D eigenvalue weighted by Crippen LogP contribution is -2.44. The molecule has 1 atom stereocenters. The Morgan fingerprint density at radius 1 is 1.54 bits per heavy atom. The van der Waals surface area contributed by atoms with Crippen LogP contribution in [0.1, 0.15) is 35.7 Å². The Bertz CT molecular complexity index is 695. The maximum Gasteiger partial charge on any atom is 0.322 e. The molecule has 2 aromatic heterocycles. The average Bonchev–Trinajstić information content (AvgIpc) is 3.13. The molecule has 2 heterocycles. The van der Waals surface area contributed by atoms with Crippen LogP contribution in [0.2, 0.25) is 0 Å². The number of carbonyl (C=O) groups is 1. The summed E-state index contributed by atoms with van der Waals surface area (Å²) < 4.78 is 5.22. The van der Waals surface area contributed by atoms with E-state index in [-0.39, 0.29) is 12.0 Å². The Morgan fingerprint density at radius 3 is 2.96 bits per heavy atom. The van der Waals surface area contributed by atoms with Crippen molar-refractivity contribution < 1.29 is 9.21 Å². The second kappa shape index (κ2) is 8.34. The fourth-order valence-corrected chi connectivity index (χ4v) is 2.99. The zero-order valence-corrected chi connectivity index (χ0v) is 14.5. The van der Waals surface area contributed by atoms with Crippen molar-refractivity contribution in [3.8, 4) is 0 Å². The summed E-state index contributed by atoms with van der Waals surface area (Å²) in [6.45, 7) is 4.26. The van der Waals surface area contributed by atoms with Crippen molar-refractivity contribution in [3.63, 3.8) is 0 Å². The quantitative estimate of drug-likeness (QED) is 0.359. The predicted octanol–water partition coefficient (Wildman–Crippen LogP) is 1.93. The Hall–Kier alpha value is -2.55. The standard InChI is InChI=1S/C15H22N6O2S/c1-9(11-5-4-8-23-11)20-15(22)21-13(16)18-7-3-6-12-10(2)19-14(17)24-12/h4-5,8-9H,3,6-7H2,1-2H3,(H2,17,19)(H4,16,18,20,21,22). The SMILES string of the molecule is Cc1nc(N)sc1CCCN=C(N)NC(=O)NC(C)c1ccco1. The first-order valence-electron chi connectivity index (χ1n) is 7.58. The first kappa shape index (κ1) is 17.8. The zero-order valence-electron chi connectivity index (χ0n) is 13.7. The van der Waals surface area contributed by atoms with Crippen LogP contribution < -0.4 is 22.1 Å². The summed E-state index contributed by atoms with van der Waals surface area (Å²) in [6, 6.07) is 2.87. The van der Waals surface area contributed by atoms with E-state index in [1.165, 1.54) is 11.3 Å². The molecule has 0 bridgehead atoms. The van der Waals surface area contributed by atoms with E-state index >= 15 is 0 Å². The van der Waals surface area contributed by atoms with Gasteiger partial charge in [-0.05, 0) is 38.8 Å². The number of nitrogens with one attached hydrogen (secondary N) is 2. The van der Waals surface area contributed by atoms with Gasteiger partial charge in [0.2, 0.25) is 0 Å².